The molecule has 2 unspecified atom stereocenters. The van der Waals surface area contributed by atoms with Crippen LogP contribution in [-0.4, -0.2) is 80.8 Å². The Morgan fingerprint density at radius 1 is 0.760 bits per heavy atom. The van der Waals surface area contributed by atoms with E-state index in [0.29, 0.717) is 0 Å². The van der Waals surface area contributed by atoms with Crippen LogP contribution in [0, 0.1) is 11.8 Å². The summed E-state index contributed by atoms with van der Waals surface area (Å²) in [4.78, 5) is 47.5. The van der Waals surface area contributed by atoms with Crippen molar-refractivity contribution in [3.8, 4) is 33.6 Å². The van der Waals surface area contributed by atoms with E-state index in [2.05, 4.69) is 96.8 Å². The standard InChI is InChI=1S/C40H54N8O2/c1-7-25(3)35(41-5)39(49)47-21-9-11-33(47)37-43-23-31(45-37)29-17-13-27(14-18-29)28-15-19-30(20-16-28)32-24-44-38(46-32)34-12-10-22-48(34)40(50)36(42-6)26(4)8-2/h13-20,23-26,33-36,41-42H,7-12,21-22H2,1-6H3,(H,43,45)(H,44,46)/t25?,26?,33-,34-,35-,36-/m0/s1. The molecule has 6 atom stereocenters. The number of hydrogen-bond acceptors (Lipinski definition) is 6. The Labute approximate surface area is 296 Å². The Balaban J connectivity index is 1.11. The zero-order valence-corrected chi connectivity index (χ0v) is 30.5. The minimum absolute atomic E-state index is 0.0279. The van der Waals surface area contributed by atoms with Gasteiger partial charge in [0.25, 0.3) is 0 Å². The van der Waals surface area contributed by atoms with Crippen LogP contribution in [0.2, 0.25) is 0 Å². The summed E-state index contributed by atoms with van der Waals surface area (Å²) >= 11 is 0. The van der Waals surface area contributed by atoms with Crippen molar-refractivity contribution in [3.63, 3.8) is 0 Å². The number of aromatic amines is 2. The highest BCUT2D eigenvalue weighted by molar-refractivity contribution is 5.83. The van der Waals surface area contributed by atoms with E-state index in [-0.39, 0.29) is 47.8 Å². The Morgan fingerprint density at radius 3 is 1.74 bits per heavy atom. The van der Waals surface area contributed by atoms with Gasteiger partial charge in [-0.25, -0.2) is 9.97 Å². The Hall–Kier alpha value is -4.28. The first-order chi connectivity index (χ1) is 24.3. The molecule has 2 amide bonds. The fourth-order valence-corrected chi connectivity index (χ4v) is 7.74. The fraction of sp³-hybridized carbons (Fsp3) is 0.500. The Kier molecular flexibility index (Phi) is 11.2. The first-order valence-electron chi connectivity index (χ1n) is 18.5. The van der Waals surface area contributed by atoms with E-state index >= 15 is 0 Å². The molecule has 6 rings (SSSR count). The summed E-state index contributed by atoms with van der Waals surface area (Å²) in [7, 11) is 3.75. The van der Waals surface area contributed by atoms with Crippen LogP contribution in [0.3, 0.4) is 0 Å². The van der Waals surface area contributed by atoms with Crippen molar-refractivity contribution < 1.29 is 9.59 Å². The van der Waals surface area contributed by atoms with Crippen LogP contribution in [0.1, 0.15) is 90.0 Å². The van der Waals surface area contributed by atoms with E-state index in [4.69, 9.17) is 9.97 Å². The third-order valence-corrected chi connectivity index (χ3v) is 11.2. The van der Waals surface area contributed by atoms with E-state index in [1.54, 1.807) is 0 Å². The first-order valence-corrected chi connectivity index (χ1v) is 18.5. The molecule has 2 aromatic carbocycles. The Bertz CT molecular complexity index is 1600. The molecule has 2 saturated heterocycles. The molecule has 4 N–H and O–H groups in total. The minimum atomic E-state index is -0.181. The van der Waals surface area contributed by atoms with Crippen LogP contribution in [0.15, 0.2) is 60.9 Å². The van der Waals surface area contributed by atoms with Crippen molar-refractivity contribution in [1.82, 2.24) is 40.4 Å². The van der Waals surface area contributed by atoms with E-state index < -0.39 is 0 Å². The van der Waals surface area contributed by atoms with E-state index in [9.17, 15) is 9.59 Å². The van der Waals surface area contributed by atoms with Crippen molar-refractivity contribution >= 4 is 11.8 Å². The summed E-state index contributed by atoms with van der Waals surface area (Å²) in [6, 6.07) is 16.6. The highest BCUT2D eigenvalue weighted by Crippen LogP contribution is 2.35. The highest BCUT2D eigenvalue weighted by Gasteiger charge is 2.38. The second-order valence-electron chi connectivity index (χ2n) is 14.2. The third kappa shape index (κ3) is 7.14. The lowest BCUT2D eigenvalue weighted by atomic mass is 9.97. The second-order valence-corrected chi connectivity index (χ2v) is 14.2. The number of likely N-dealkylation sites (tertiary alicyclic amines) is 2. The van der Waals surface area contributed by atoms with E-state index in [1.165, 1.54) is 0 Å². The zero-order valence-electron chi connectivity index (χ0n) is 30.5. The molecule has 2 aliphatic heterocycles. The molecule has 2 fully saturated rings. The number of likely N-dealkylation sites (N-methyl/N-ethyl adjacent to an activating group) is 2. The van der Waals surface area contributed by atoms with Crippen LogP contribution in [-0.2, 0) is 9.59 Å². The molecule has 2 aliphatic rings. The lowest BCUT2D eigenvalue weighted by Crippen LogP contribution is -2.48. The first kappa shape index (κ1) is 35.5. The highest BCUT2D eigenvalue weighted by atomic mass is 16.2. The summed E-state index contributed by atoms with van der Waals surface area (Å²) in [6.45, 7) is 10.0. The van der Waals surface area contributed by atoms with Crippen LogP contribution in [0.25, 0.3) is 33.6 Å². The largest absolute Gasteiger partial charge is 0.346 e. The lowest BCUT2D eigenvalue weighted by Gasteiger charge is -2.30. The van der Waals surface area contributed by atoms with Crippen LogP contribution in [0.4, 0.5) is 0 Å². The maximum Gasteiger partial charge on any atom is 0.240 e. The molecule has 10 heteroatoms. The summed E-state index contributed by atoms with van der Waals surface area (Å²) in [6.07, 6.45) is 9.53. The van der Waals surface area contributed by atoms with Gasteiger partial charge in [-0.15, -0.1) is 0 Å². The van der Waals surface area contributed by atoms with Gasteiger partial charge in [0.15, 0.2) is 0 Å². The van der Waals surface area contributed by atoms with Crippen LogP contribution >= 0.6 is 0 Å². The van der Waals surface area contributed by atoms with E-state index in [0.717, 1.165) is 96.9 Å². The number of carbonyl (C=O) groups excluding carboxylic acids is 2. The van der Waals surface area contributed by atoms with Gasteiger partial charge in [0.05, 0.1) is 41.8 Å². The second kappa shape index (κ2) is 15.7. The number of nitrogens with zero attached hydrogens (tertiary/aromatic N) is 4. The van der Waals surface area contributed by atoms with Crippen molar-refractivity contribution in [2.24, 2.45) is 11.8 Å². The number of H-pyrrole nitrogens is 2. The monoisotopic (exact) mass is 678 g/mol. The number of benzene rings is 2. The average molecular weight is 679 g/mol. The molecule has 4 heterocycles. The molecule has 2 aromatic heterocycles. The smallest absolute Gasteiger partial charge is 0.240 e. The minimum Gasteiger partial charge on any atom is -0.346 e. The predicted octanol–water partition coefficient (Wildman–Crippen LogP) is 6.73. The lowest BCUT2D eigenvalue weighted by molar-refractivity contribution is -0.136. The third-order valence-electron chi connectivity index (χ3n) is 11.2. The molecule has 0 saturated carbocycles. The zero-order chi connectivity index (χ0) is 35.4. The maximum absolute atomic E-state index is 13.5. The summed E-state index contributed by atoms with van der Waals surface area (Å²) in [5, 5.41) is 6.50. The van der Waals surface area contributed by atoms with Gasteiger partial charge in [-0.2, -0.15) is 0 Å². The number of nitrogens with one attached hydrogen (secondary N) is 4. The number of aromatic nitrogens is 4. The van der Waals surface area contributed by atoms with Gasteiger partial charge >= 0.3 is 0 Å². The van der Waals surface area contributed by atoms with Gasteiger partial charge in [-0.1, -0.05) is 89.1 Å². The van der Waals surface area contributed by atoms with Crippen molar-refractivity contribution in [3.05, 3.63) is 72.6 Å². The van der Waals surface area contributed by atoms with Crippen molar-refractivity contribution in [2.75, 3.05) is 27.2 Å². The van der Waals surface area contributed by atoms with Gasteiger partial charge in [0.2, 0.25) is 11.8 Å². The quantitative estimate of drug-likeness (QED) is 0.124. The number of imidazole rings is 2. The fourth-order valence-electron chi connectivity index (χ4n) is 7.74. The molecule has 0 spiro atoms. The number of rotatable bonds is 13. The average Bonchev–Trinajstić information content (AvgIpc) is 3.98. The molecule has 266 valence electrons. The van der Waals surface area contributed by atoms with Gasteiger partial charge in [0.1, 0.15) is 11.6 Å². The van der Waals surface area contributed by atoms with Crippen LogP contribution in [0.5, 0.6) is 0 Å². The predicted molar refractivity (Wildman–Crippen MR) is 199 cm³/mol. The van der Waals surface area contributed by atoms with Crippen molar-refractivity contribution in [1.29, 1.82) is 0 Å². The van der Waals surface area contributed by atoms with Gasteiger partial charge < -0.3 is 30.4 Å². The number of carbonyl (C=O) groups is 2. The van der Waals surface area contributed by atoms with Gasteiger partial charge in [-0.05, 0) is 68.3 Å². The normalized spacial score (nSPS) is 20.2. The Morgan fingerprint density at radius 2 is 1.24 bits per heavy atom. The SMILES string of the molecule is CCC(C)[C@H](NC)C(=O)N1CCC[C@H]1c1nc(-c2ccc(-c3ccc(-c4cnc([C@@H]5CCCN5C(=O)[C@@H](NC)C(C)CC)[nH]4)cc3)cc2)c[nH]1. The summed E-state index contributed by atoms with van der Waals surface area (Å²) < 4.78 is 0. The summed E-state index contributed by atoms with van der Waals surface area (Å²) in [5.74, 6) is 2.58. The molecule has 0 bridgehead atoms. The number of hydrogen-bond donors (Lipinski definition) is 4. The van der Waals surface area contributed by atoms with Gasteiger partial charge in [-0.3, -0.25) is 9.59 Å². The molecular formula is C40H54N8O2. The molecule has 50 heavy (non-hydrogen) atoms. The summed E-state index contributed by atoms with van der Waals surface area (Å²) in [5.41, 5.74) is 6.17. The van der Waals surface area contributed by atoms with Crippen molar-refractivity contribution in [2.45, 2.75) is 90.4 Å². The van der Waals surface area contributed by atoms with Gasteiger partial charge in [0, 0.05) is 24.8 Å². The molecule has 10 nitrogen and oxygen atoms in total. The molecular weight excluding hydrogens is 624 g/mol. The van der Waals surface area contributed by atoms with E-state index in [1.807, 2.05) is 36.3 Å². The molecule has 0 aliphatic carbocycles. The van der Waals surface area contributed by atoms with Crippen LogP contribution < -0.4 is 10.6 Å². The maximum atomic E-state index is 13.5. The topological polar surface area (TPSA) is 122 Å². The number of amides is 2. The molecule has 0 radical (unpaired) electrons. The molecule has 4 aromatic rings.